The van der Waals surface area contributed by atoms with E-state index >= 15 is 0 Å². The Bertz CT molecular complexity index is 788. The van der Waals surface area contributed by atoms with E-state index in [4.69, 9.17) is 9.47 Å². The zero-order chi connectivity index (χ0) is 20.6. The lowest BCUT2D eigenvalue weighted by molar-refractivity contribution is -0.136. The van der Waals surface area contributed by atoms with Crippen molar-refractivity contribution in [1.82, 2.24) is 9.80 Å². The number of nitrogens with zero attached hydrogens (tertiary/aromatic N) is 2. The molecule has 2 aromatic rings. The van der Waals surface area contributed by atoms with Gasteiger partial charge in [0, 0.05) is 32.2 Å². The summed E-state index contributed by atoms with van der Waals surface area (Å²) in [5, 5.41) is 0. The van der Waals surface area contributed by atoms with Gasteiger partial charge in [0.25, 0.3) is 5.91 Å². The first kappa shape index (κ1) is 21.3. The fraction of sp³-hybridized carbons (Fsp3) is 0.458. The average molecular weight is 397 g/mol. The van der Waals surface area contributed by atoms with Crippen LogP contribution in [-0.4, -0.2) is 61.2 Å². The van der Waals surface area contributed by atoms with Gasteiger partial charge in [0.05, 0.1) is 13.2 Å². The second-order valence-electron chi connectivity index (χ2n) is 7.83. The van der Waals surface area contributed by atoms with Crippen molar-refractivity contribution >= 4 is 5.91 Å². The Morgan fingerprint density at radius 1 is 1.14 bits per heavy atom. The van der Waals surface area contributed by atoms with E-state index in [1.807, 2.05) is 49.1 Å². The summed E-state index contributed by atoms with van der Waals surface area (Å²) in [5.74, 6) is 0.786. The fourth-order valence-electron chi connectivity index (χ4n) is 3.61. The monoisotopic (exact) mass is 396 g/mol. The number of aryl methyl sites for hydroxylation is 2. The number of benzene rings is 2. The predicted molar refractivity (Wildman–Crippen MR) is 115 cm³/mol. The Morgan fingerprint density at radius 2 is 1.86 bits per heavy atom. The van der Waals surface area contributed by atoms with E-state index < -0.39 is 0 Å². The van der Waals surface area contributed by atoms with E-state index in [-0.39, 0.29) is 18.6 Å². The van der Waals surface area contributed by atoms with Crippen LogP contribution in [-0.2, 0) is 16.1 Å². The Balaban J connectivity index is 1.68. The van der Waals surface area contributed by atoms with Crippen LogP contribution in [0.2, 0.25) is 0 Å². The van der Waals surface area contributed by atoms with Crippen molar-refractivity contribution in [3.8, 4) is 5.75 Å². The zero-order valence-electron chi connectivity index (χ0n) is 17.8. The summed E-state index contributed by atoms with van der Waals surface area (Å²) in [4.78, 5) is 17.5. The van der Waals surface area contributed by atoms with Gasteiger partial charge in [-0.2, -0.15) is 0 Å². The van der Waals surface area contributed by atoms with Crippen LogP contribution in [0.25, 0.3) is 0 Å². The zero-order valence-corrected chi connectivity index (χ0v) is 17.8. The smallest absolute Gasteiger partial charge is 0.261 e. The first-order chi connectivity index (χ1) is 14.0. The normalized spacial score (nSPS) is 15.7. The van der Waals surface area contributed by atoms with Crippen molar-refractivity contribution in [3.63, 3.8) is 0 Å². The van der Waals surface area contributed by atoms with Crippen molar-refractivity contribution in [2.75, 3.05) is 39.5 Å². The Morgan fingerprint density at radius 3 is 2.59 bits per heavy atom. The maximum atomic E-state index is 13.2. The van der Waals surface area contributed by atoms with E-state index in [0.29, 0.717) is 6.54 Å². The maximum Gasteiger partial charge on any atom is 0.261 e. The number of rotatable bonds is 8. The Hall–Kier alpha value is -2.37. The first-order valence-electron chi connectivity index (χ1n) is 10.4. The molecule has 0 bridgehead atoms. The van der Waals surface area contributed by atoms with Crippen molar-refractivity contribution in [1.29, 1.82) is 0 Å². The van der Waals surface area contributed by atoms with Crippen LogP contribution in [0, 0.1) is 13.8 Å². The summed E-state index contributed by atoms with van der Waals surface area (Å²) in [7, 11) is 0. The quantitative estimate of drug-likeness (QED) is 0.686. The molecule has 2 aromatic carbocycles. The Kier molecular flexibility index (Phi) is 7.67. The van der Waals surface area contributed by atoms with Gasteiger partial charge in [-0.25, -0.2) is 0 Å². The van der Waals surface area contributed by atoms with Crippen LogP contribution in [0.4, 0.5) is 0 Å². The number of carbonyl (C=O) groups is 1. The number of ether oxygens (including phenoxy) is 2. The molecule has 1 unspecified atom stereocenters. The maximum absolute atomic E-state index is 13.2. The number of hydrogen-bond acceptors (Lipinski definition) is 4. The lowest BCUT2D eigenvalue weighted by Crippen LogP contribution is -2.49. The minimum absolute atomic E-state index is 0.00974. The van der Waals surface area contributed by atoms with Gasteiger partial charge in [0.2, 0.25) is 0 Å². The fourth-order valence-corrected chi connectivity index (χ4v) is 3.61. The van der Waals surface area contributed by atoms with Crippen LogP contribution in [0.3, 0.4) is 0 Å². The van der Waals surface area contributed by atoms with Crippen molar-refractivity contribution < 1.29 is 14.3 Å². The number of morpholine rings is 1. The molecule has 1 saturated heterocycles. The highest BCUT2D eigenvalue weighted by molar-refractivity contribution is 5.78. The van der Waals surface area contributed by atoms with Gasteiger partial charge in [-0.3, -0.25) is 9.69 Å². The molecule has 3 rings (SSSR count). The SMILES string of the molecule is Cc1ccc(C)c(OCC(=O)N(Cc2ccccc2)C(C)CN2CCOCC2)c1. The number of amides is 1. The molecule has 1 aliphatic rings. The van der Waals surface area contributed by atoms with Gasteiger partial charge in [-0.15, -0.1) is 0 Å². The van der Waals surface area contributed by atoms with Crippen LogP contribution in [0.5, 0.6) is 5.75 Å². The third-order valence-corrected chi connectivity index (χ3v) is 5.37. The molecule has 0 saturated carbocycles. The average Bonchev–Trinajstić information content (AvgIpc) is 2.74. The molecule has 0 N–H and O–H groups in total. The highest BCUT2D eigenvalue weighted by Crippen LogP contribution is 2.19. The van der Waals surface area contributed by atoms with E-state index in [1.165, 1.54) is 0 Å². The van der Waals surface area contributed by atoms with Crippen molar-refractivity contribution in [2.24, 2.45) is 0 Å². The molecule has 29 heavy (non-hydrogen) atoms. The van der Waals surface area contributed by atoms with Gasteiger partial charge < -0.3 is 14.4 Å². The Labute approximate surface area is 174 Å². The standard InChI is InChI=1S/C24H32N2O3/c1-19-9-10-20(2)23(15-19)29-18-24(27)26(17-22-7-5-4-6-8-22)21(3)16-25-11-13-28-14-12-25/h4-10,15,21H,11-14,16-18H2,1-3H3. The lowest BCUT2D eigenvalue weighted by atomic mass is 10.1. The van der Waals surface area contributed by atoms with Crippen LogP contribution in [0.15, 0.2) is 48.5 Å². The largest absolute Gasteiger partial charge is 0.483 e. The molecule has 1 heterocycles. The minimum atomic E-state index is 0.00974. The molecule has 1 atom stereocenters. The number of hydrogen-bond donors (Lipinski definition) is 0. The summed E-state index contributed by atoms with van der Waals surface area (Å²) >= 11 is 0. The van der Waals surface area contributed by atoms with Crippen LogP contribution in [0.1, 0.15) is 23.6 Å². The second kappa shape index (κ2) is 10.4. The highest BCUT2D eigenvalue weighted by Gasteiger charge is 2.24. The topological polar surface area (TPSA) is 42.0 Å². The molecular formula is C24H32N2O3. The van der Waals surface area contributed by atoms with Crippen LogP contribution >= 0.6 is 0 Å². The molecule has 0 aliphatic carbocycles. The van der Waals surface area contributed by atoms with E-state index in [1.54, 1.807) is 0 Å². The van der Waals surface area contributed by atoms with Crippen LogP contribution < -0.4 is 4.74 Å². The lowest BCUT2D eigenvalue weighted by Gasteiger charge is -2.35. The molecule has 0 radical (unpaired) electrons. The summed E-state index contributed by atoms with van der Waals surface area (Å²) in [6.45, 7) is 11.0. The number of carbonyl (C=O) groups excluding carboxylic acids is 1. The molecule has 0 spiro atoms. The van der Waals surface area contributed by atoms with Crippen molar-refractivity contribution in [2.45, 2.75) is 33.4 Å². The molecule has 1 amide bonds. The summed E-state index contributed by atoms with van der Waals surface area (Å²) in [5.41, 5.74) is 3.29. The molecule has 0 aromatic heterocycles. The highest BCUT2D eigenvalue weighted by atomic mass is 16.5. The molecule has 156 valence electrons. The van der Waals surface area contributed by atoms with Gasteiger partial charge in [-0.05, 0) is 43.5 Å². The molecule has 5 heteroatoms. The van der Waals surface area contributed by atoms with E-state index in [2.05, 4.69) is 30.0 Å². The first-order valence-corrected chi connectivity index (χ1v) is 10.4. The molecule has 1 fully saturated rings. The van der Waals surface area contributed by atoms with Gasteiger partial charge in [0.1, 0.15) is 5.75 Å². The molecular weight excluding hydrogens is 364 g/mol. The second-order valence-corrected chi connectivity index (χ2v) is 7.83. The minimum Gasteiger partial charge on any atom is -0.483 e. The van der Waals surface area contributed by atoms with E-state index in [9.17, 15) is 4.79 Å². The third kappa shape index (κ3) is 6.31. The molecule has 1 aliphatic heterocycles. The third-order valence-electron chi connectivity index (χ3n) is 5.37. The van der Waals surface area contributed by atoms with Gasteiger partial charge >= 0.3 is 0 Å². The van der Waals surface area contributed by atoms with E-state index in [0.717, 1.165) is 55.3 Å². The summed E-state index contributed by atoms with van der Waals surface area (Å²) in [6, 6.07) is 16.3. The van der Waals surface area contributed by atoms with Gasteiger partial charge in [-0.1, -0.05) is 42.5 Å². The molecule has 5 nitrogen and oxygen atoms in total. The summed E-state index contributed by atoms with van der Waals surface area (Å²) < 4.78 is 11.4. The summed E-state index contributed by atoms with van der Waals surface area (Å²) in [6.07, 6.45) is 0. The predicted octanol–water partition coefficient (Wildman–Crippen LogP) is 3.43. The van der Waals surface area contributed by atoms with Crippen molar-refractivity contribution in [3.05, 3.63) is 65.2 Å². The van der Waals surface area contributed by atoms with Gasteiger partial charge in [0.15, 0.2) is 6.61 Å².